The van der Waals surface area contributed by atoms with E-state index < -0.39 is 5.97 Å². The number of carboxylic acid groups (broad SMARTS) is 1. The average molecular weight is 352 g/mol. The molecular weight excluding hydrogens is 336 g/mol. The average Bonchev–Trinajstić information content (AvgIpc) is 3.14. The Morgan fingerprint density at radius 2 is 2.16 bits per heavy atom. The van der Waals surface area contributed by atoms with Crippen molar-refractivity contribution >= 4 is 33.3 Å². The third kappa shape index (κ3) is 2.30. The van der Waals surface area contributed by atoms with Gasteiger partial charge in [0.2, 0.25) is 0 Å². The summed E-state index contributed by atoms with van der Waals surface area (Å²) in [7, 11) is 0. The number of anilines is 1. The Labute approximate surface area is 148 Å². The van der Waals surface area contributed by atoms with Crippen LogP contribution >= 0.6 is 11.3 Å². The first kappa shape index (κ1) is 14.8. The normalized spacial score (nSPS) is 16.9. The van der Waals surface area contributed by atoms with E-state index >= 15 is 0 Å². The predicted molar refractivity (Wildman–Crippen MR) is 96.0 cm³/mol. The largest absolute Gasteiger partial charge is 0.481 e. The monoisotopic (exact) mass is 352 g/mol. The van der Waals surface area contributed by atoms with E-state index in [2.05, 4.69) is 9.88 Å². The fourth-order valence-electron chi connectivity index (χ4n) is 3.64. The van der Waals surface area contributed by atoms with Crippen LogP contribution in [0, 0.1) is 5.92 Å². The number of fused-ring (bicyclic) bond motifs is 3. The highest BCUT2D eigenvalue weighted by Crippen LogP contribution is 2.42. The van der Waals surface area contributed by atoms with Crippen LogP contribution in [-0.4, -0.2) is 39.1 Å². The first-order valence-corrected chi connectivity index (χ1v) is 9.23. The molecule has 0 radical (unpaired) electrons. The molecule has 0 unspecified atom stereocenters. The van der Waals surface area contributed by atoms with Crippen LogP contribution in [0.3, 0.4) is 0 Å². The number of aryl methyl sites for hydroxylation is 2. The van der Waals surface area contributed by atoms with Crippen LogP contribution in [0.4, 0.5) is 5.82 Å². The van der Waals surface area contributed by atoms with Crippen molar-refractivity contribution in [1.29, 1.82) is 0 Å². The quantitative estimate of drug-likeness (QED) is 0.781. The van der Waals surface area contributed by atoms with Crippen molar-refractivity contribution in [3.05, 3.63) is 35.0 Å². The molecule has 0 spiro atoms. The number of aromatic nitrogens is 3. The van der Waals surface area contributed by atoms with Gasteiger partial charge in [-0.3, -0.25) is 9.78 Å². The molecule has 2 aliphatic rings. The highest BCUT2D eigenvalue weighted by molar-refractivity contribution is 7.19. The first-order valence-electron chi connectivity index (χ1n) is 8.41. The number of aliphatic carboxylic acids is 1. The molecule has 6 nitrogen and oxygen atoms in total. The first-order chi connectivity index (χ1) is 12.2. The smallest absolute Gasteiger partial charge is 0.310 e. The van der Waals surface area contributed by atoms with Gasteiger partial charge >= 0.3 is 5.97 Å². The lowest BCUT2D eigenvalue weighted by atomic mass is 9.99. The number of nitrogens with zero attached hydrogens (tertiary/aromatic N) is 4. The van der Waals surface area contributed by atoms with Gasteiger partial charge in [0, 0.05) is 35.9 Å². The Kier molecular flexibility index (Phi) is 3.24. The molecule has 0 saturated carbocycles. The molecule has 126 valence electrons. The van der Waals surface area contributed by atoms with Gasteiger partial charge in [-0.2, -0.15) is 0 Å². The summed E-state index contributed by atoms with van der Waals surface area (Å²) in [5.74, 6) is 0.512. The molecule has 0 bridgehead atoms. The van der Waals surface area contributed by atoms with Gasteiger partial charge in [0.25, 0.3) is 0 Å². The van der Waals surface area contributed by atoms with Crippen molar-refractivity contribution in [2.45, 2.75) is 19.3 Å². The molecule has 4 heterocycles. The Hall–Kier alpha value is -2.54. The summed E-state index contributed by atoms with van der Waals surface area (Å²) in [6.45, 7) is 1.02. The highest BCUT2D eigenvalue weighted by atomic mass is 32.1. The molecule has 1 N–H and O–H groups in total. The number of thiophene rings is 1. The molecule has 3 aromatic rings. The molecule has 1 fully saturated rings. The number of hydrogen-bond acceptors (Lipinski definition) is 6. The van der Waals surface area contributed by atoms with Crippen LogP contribution in [-0.2, 0) is 17.6 Å². The molecule has 1 aliphatic carbocycles. The van der Waals surface area contributed by atoms with Gasteiger partial charge < -0.3 is 10.0 Å². The van der Waals surface area contributed by atoms with E-state index in [4.69, 9.17) is 9.97 Å². The van der Waals surface area contributed by atoms with Gasteiger partial charge in [0.05, 0.1) is 11.3 Å². The second-order valence-corrected chi connectivity index (χ2v) is 7.67. The maximum absolute atomic E-state index is 11.2. The Morgan fingerprint density at radius 3 is 2.92 bits per heavy atom. The molecule has 0 amide bonds. The second-order valence-electron chi connectivity index (χ2n) is 6.59. The van der Waals surface area contributed by atoms with E-state index in [1.165, 1.54) is 16.9 Å². The molecule has 0 atom stereocenters. The van der Waals surface area contributed by atoms with Crippen molar-refractivity contribution in [1.82, 2.24) is 15.0 Å². The lowest BCUT2D eigenvalue weighted by Crippen LogP contribution is -2.51. The fourth-order valence-corrected chi connectivity index (χ4v) is 4.89. The molecule has 5 rings (SSSR count). The van der Waals surface area contributed by atoms with E-state index in [0.717, 1.165) is 34.4 Å². The highest BCUT2D eigenvalue weighted by Gasteiger charge is 2.36. The molecule has 1 aliphatic heterocycles. The van der Waals surface area contributed by atoms with E-state index in [1.54, 1.807) is 23.7 Å². The van der Waals surface area contributed by atoms with Gasteiger partial charge in [-0.1, -0.05) is 0 Å². The van der Waals surface area contributed by atoms with E-state index in [1.807, 2.05) is 12.1 Å². The van der Waals surface area contributed by atoms with Gasteiger partial charge in [0.15, 0.2) is 5.82 Å². The number of carboxylic acids is 1. The van der Waals surface area contributed by atoms with Crippen molar-refractivity contribution in [3.8, 4) is 11.4 Å². The van der Waals surface area contributed by atoms with Crippen LogP contribution in [0.1, 0.15) is 16.9 Å². The summed E-state index contributed by atoms with van der Waals surface area (Å²) in [5, 5.41) is 10.3. The van der Waals surface area contributed by atoms with Crippen LogP contribution < -0.4 is 4.90 Å². The third-order valence-electron chi connectivity index (χ3n) is 5.00. The minimum absolute atomic E-state index is 0.307. The van der Waals surface area contributed by atoms with Crippen molar-refractivity contribution in [3.63, 3.8) is 0 Å². The molecule has 0 aromatic carbocycles. The summed E-state index contributed by atoms with van der Waals surface area (Å²) in [5.41, 5.74) is 2.25. The summed E-state index contributed by atoms with van der Waals surface area (Å²) in [6, 6.07) is 3.83. The van der Waals surface area contributed by atoms with Crippen LogP contribution in [0.2, 0.25) is 0 Å². The number of pyridine rings is 1. The van der Waals surface area contributed by atoms with Crippen LogP contribution in [0.25, 0.3) is 21.6 Å². The van der Waals surface area contributed by atoms with E-state index in [0.29, 0.717) is 18.9 Å². The summed E-state index contributed by atoms with van der Waals surface area (Å²) >= 11 is 1.75. The minimum atomic E-state index is -0.732. The second kappa shape index (κ2) is 5.49. The summed E-state index contributed by atoms with van der Waals surface area (Å²) < 4.78 is 0. The summed E-state index contributed by atoms with van der Waals surface area (Å²) in [6.07, 6.45) is 6.85. The van der Waals surface area contributed by atoms with Crippen molar-refractivity contribution in [2.24, 2.45) is 5.92 Å². The van der Waals surface area contributed by atoms with Crippen LogP contribution in [0.15, 0.2) is 24.5 Å². The fraction of sp³-hybridized carbons (Fsp3) is 0.333. The van der Waals surface area contributed by atoms with Gasteiger partial charge in [0.1, 0.15) is 10.6 Å². The zero-order chi connectivity index (χ0) is 17.0. The summed E-state index contributed by atoms with van der Waals surface area (Å²) in [4.78, 5) is 29.5. The Morgan fingerprint density at radius 1 is 1.28 bits per heavy atom. The van der Waals surface area contributed by atoms with Gasteiger partial charge in [-0.25, -0.2) is 9.97 Å². The molecular formula is C18H16N4O2S. The topological polar surface area (TPSA) is 79.2 Å². The SMILES string of the molecule is O=C(O)C1CN(c2nc(-c3cccnc3)nc3sc4c(c23)CCC4)C1. The maximum atomic E-state index is 11.2. The standard InChI is InChI=1S/C18H16N4O2S/c23-18(24)11-8-22(9-11)16-14-12-4-1-5-13(12)25-17(14)21-15(20-16)10-3-2-6-19-7-10/h2-3,6-7,11H,1,4-5,8-9H2,(H,23,24). The van der Waals surface area contributed by atoms with Gasteiger partial charge in [-0.05, 0) is 37.0 Å². The zero-order valence-corrected chi connectivity index (χ0v) is 14.3. The number of rotatable bonds is 3. The number of hydrogen-bond donors (Lipinski definition) is 1. The lowest BCUT2D eigenvalue weighted by Gasteiger charge is -2.38. The van der Waals surface area contributed by atoms with E-state index in [9.17, 15) is 9.90 Å². The Bertz CT molecular complexity index is 980. The third-order valence-corrected chi connectivity index (χ3v) is 6.18. The van der Waals surface area contributed by atoms with Gasteiger partial charge in [-0.15, -0.1) is 11.3 Å². The maximum Gasteiger partial charge on any atom is 0.310 e. The van der Waals surface area contributed by atoms with Crippen molar-refractivity contribution < 1.29 is 9.90 Å². The van der Waals surface area contributed by atoms with Crippen molar-refractivity contribution in [2.75, 3.05) is 18.0 Å². The predicted octanol–water partition coefficient (Wildman–Crippen LogP) is 2.76. The molecule has 7 heteroatoms. The number of carbonyl (C=O) groups is 1. The minimum Gasteiger partial charge on any atom is -0.481 e. The molecule has 1 saturated heterocycles. The zero-order valence-electron chi connectivity index (χ0n) is 13.5. The lowest BCUT2D eigenvalue weighted by molar-refractivity contribution is -0.142. The van der Waals surface area contributed by atoms with E-state index in [-0.39, 0.29) is 5.92 Å². The molecule has 3 aromatic heterocycles. The van der Waals surface area contributed by atoms with Crippen LogP contribution in [0.5, 0.6) is 0 Å². The Balaban J connectivity index is 1.66. The molecule has 25 heavy (non-hydrogen) atoms.